The summed E-state index contributed by atoms with van der Waals surface area (Å²) in [5.41, 5.74) is 1.12. The van der Waals surface area contributed by atoms with Crippen molar-refractivity contribution in [2.24, 2.45) is 5.41 Å². The molecule has 2 aliphatic rings. The van der Waals surface area contributed by atoms with E-state index in [9.17, 15) is 9.18 Å². The molecule has 1 aliphatic heterocycles. The number of hydrogen-bond donors (Lipinski definition) is 0. The third-order valence-corrected chi connectivity index (χ3v) is 4.81. The summed E-state index contributed by atoms with van der Waals surface area (Å²) in [6, 6.07) is 5.06. The maximum atomic E-state index is 14.0. The highest BCUT2D eigenvalue weighted by atomic mass is 19.1. The van der Waals surface area contributed by atoms with E-state index in [0.717, 1.165) is 19.5 Å². The van der Waals surface area contributed by atoms with Crippen LogP contribution in [0.15, 0.2) is 18.2 Å². The van der Waals surface area contributed by atoms with E-state index in [4.69, 9.17) is 0 Å². The van der Waals surface area contributed by atoms with Crippen LogP contribution in [0.2, 0.25) is 0 Å². The second-order valence-electron chi connectivity index (χ2n) is 6.12. The molecule has 3 rings (SSSR count). The molecule has 0 bridgehead atoms. The number of nitrogens with zero attached hydrogens (tertiary/aromatic N) is 1. The predicted molar refractivity (Wildman–Crippen MR) is 72.6 cm³/mol. The molecular weight excluding hydrogens is 241 g/mol. The quantitative estimate of drug-likeness (QED) is 0.757. The fourth-order valence-electron chi connectivity index (χ4n) is 3.62. The number of likely N-dealkylation sites (tertiary alicyclic amines) is 1. The largest absolute Gasteiger partial charge is 0.338 e. The molecular formula is C16H20FNO. The normalized spacial score (nSPS) is 21.3. The van der Waals surface area contributed by atoms with Crippen LogP contribution in [0.4, 0.5) is 4.39 Å². The first-order chi connectivity index (χ1) is 9.11. The molecule has 1 aromatic rings. The van der Waals surface area contributed by atoms with Crippen LogP contribution in [0.5, 0.6) is 0 Å². The monoisotopic (exact) mass is 261 g/mol. The topological polar surface area (TPSA) is 20.3 Å². The van der Waals surface area contributed by atoms with E-state index in [1.165, 1.54) is 25.7 Å². The Morgan fingerprint density at radius 1 is 1.26 bits per heavy atom. The van der Waals surface area contributed by atoms with Crippen LogP contribution in [0.3, 0.4) is 0 Å². The van der Waals surface area contributed by atoms with Crippen molar-refractivity contribution in [3.05, 3.63) is 35.1 Å². The molecule has 1 saturated heterocycles. The van der Waals surface area contributed by atoms with Gasteiger partial charge in [0.05, 0.1) is 5.56 Å². The lowest BCUT2D eigenvalue weighted by Gasteiger charge is -2.23. The Kier molecular flexibility index (Phi) is 3.08. The third kappa shape index (κ3) is 2.15. The maximum Gasteiger partial charge on any atom is 0.256 e. The number of carbonyl (C=O) groups is 1. The van der Waals surface area contributed by atoms with Gasteiger partial charge in [-0.1, -0.05) is 25.0 Å². The second-order valence-corrected chi connectivity index (χ2v) is 6.12. The van der Waals surface area contributed by atoms with Gasteiger partial charge in [0.15, 0.2) is 0 Å². The lowest BCUT2D eigenvalue weighted by molar-refractivity contribution is 0.0768. The van der Waals surface area contributed by atoms with Crippen LogP contribution < -0.4 is 0 Å². The van der Waals surface area contributed by atoms with E-state index in [-0.39, 0.29) is 17.3 Å². The fraction of sp³-hybridized carbons (Fsp3) is 0.562. The number of amides is 1. The zero-order valence-electron chi connectivity index (χ0n) is 11.4. The molecule has 0 N–H and O–H groups in total. The van der Waals surface area contributed by atoms with Crippen molar-refractivity contribution in [2.75, 3.05) is 13.1 Å². The van der Waals surface area contributed by atoms with Gasteiger partial charge in [0.2, 0.25) is 0 Å². The van der Waals surface area contributed by atoms with E-state index in [2.05, 4.69) is 0 Å². The van der Waals surface area contributed by atoms with Gasteiger partial charge in [-0.25, -0.2) is 4.39 Å². The summed E-state index contributed by atoms with van der Waals surface area (Å²) in [5, 5.41) is 0. The molecule has 1 amide bonds. The standard InChI is InChI=1S/C16H20FNO/c1-12-5-4-6-13(14(12)17)15(19)18-10-9-16(11-18)7-2-3-8-16/h4-6H,2-3,7-11H2,1H3. The molecule has 2 fully saturated rings. The van der Waals surface area contributed by atoms with Crippen molar-refractivity contribution < 1.29 is 9.18 Å². The van der Waals surface area contributed by atoms with E-state index < -0.39 is 0 Å². The van der Waals surface area contributed by atoms with E-state index in [1.54, 1.807) is 25.1 Å². The Morgan fingerprint density at radius 2 is 2.00 bits per heavy atom. The van der Waals surface area contributed by atoms with Gasteiger partial charge in [0.1, 0.15) is 5.82 Å². The molecule has 1 saturated carbocycles. The van der Waals surface area contributed by atoms with Crippen LogP contribution >= 0.6 is 0 Å². The molecule has 0 radical (unpaired) electrons. The summed E-state index contributed by atoms with van der Waals surface area (Å²) in [6.07, 6.45) is 6.11. The molecule has 1 heterocycles. The van der Waals surface area contributed by atoms with Gasteiger partial charge in [-0.3, -0.25) is 4.79 Å². The molecule has 0 atom stereocenters. The van der Waals surface area contributed by atoms with Crippen molar-refractivity contribution in [3.63, 3.8) is 0 Å². The molecule has 1 aliphatic carbocycles. The van der Waals surface area contributed by atoms with Crippen LogP contribution in [-0.2, 0) is 0 Å². The zero-order chi connectivity index (χ0) is 13.5. The number of benzene rings is 1. The summed E-state index contributed by atoms with van der Waals surface area (Å²) in [5.74, 6) is -0.496. The molecule has 2 nitrogen and oxygen atoms in total. The minimum absolute atomic E-state index is 0.134. The summed E-state index contributed by atoms with van der Waals surface area (Å²) in [7, 11) is 0. The van der Waals surface area contributed by atoms with Crippen LogP contribution in [-0.4, -0.2) is 23.9 Å². The summed E-state index contributed by atoms with van der Waals surface area (Å²) < 4.78 is 14.0. The smallest absolute Gasteiger partial charge is 0.256 e. The SMILES string of the molecule is Cc1cccc(C(=O)N2CCC3(CCCC3)C2)c1F. The number of rotatable bonds is 1. The average molecular weight is 261 g/mol. The van der Waals surface area contributed by atoms with Crippen LogP contribution in [0, 0.1) is 18.2 Å². The third-order valence-electron chi connectivity index (χ3n) is 4.81. The molecule has 0 aromatic heterocycles. The van der Waals surface area contributed by atoms with Gasteiger partial charge in [-0.15, -0.1) is 0 Å². The highest BCUT2D eigenvalue weighted by molar-refractivity contribution is 5.95. The van der Waals surface area contributed by atoms with Crippen molar-refractivity contribution in [1.29, 1.82) is 0 Å². The van der Waals surface area contributed by atoms with Crippen LogP contribution in [0.25, 0.3) is 0 Å². The first kappa shape index (κ1) is 12.6. The molecule has 1 aromatic carbocycles. The highest BCUT2D eigenvalue weighted by Gasteiger charge is 2.42. The Hall–Kier alpha value is -1.38. The predicted octanol–water partition coefficient (Wildman–Crippen LogP) is 3.54. The fourth-order valence-corrected chi connectivity index (χ4v) is 3.62. The minimum Gasteiger partial charge on any atom is -0.338 e. The molecule has 19 heavy (non-hydrogen) atoms. The Balaban J connectivity index is 1.80. The Bertz CT molecular complexity index is 505. The van der Waals surface area contributed by atoms with Crippen molar-refractivity contribution >= 4 is 5.91 Å². The lowest BCUT2D eigenvalue weighted by atomic mass is 9.86. The van der Waals surface area contributed by atoms with E-state index in [0.29, 0.717) is 11.0 Å². The van der Waals surface area contributed by atoms with E-state index in [1.807, 2.05) is 4.90 Å². The van der Waals surface area contributed by atoms with Crippen molar-refractivity contribution in [1.82, 2.24) is 4.90 Å². The number of aryl methyl sites for hydroxylation is 1. The maximum absolute atomic E-state index is 14.0. The molecule has 102 valence electrons. The van der Waals surface area contributed by atoms with Gasteiger partial charge in [-0.2, -0.15) is 0 Å². The van der Waals surface area contributed by atoms with Gasteiger partial charge in [0, 0.05) is 13.1 Å². The Labute approximate surface area is 113 Å². The van der Waals surface area contributed by atoms with Gasteiger partial charge in [-0.05, 0) is 43.2 Å². The van der Waals surface area contributed by atoms with Crippen LogP contribution in [0.1, 0.15) is 48.0 Å². The number of hydrogen-bond acceptors (Lipinski definition) is 1. The second kappa shape index (κ2) is 4.62. The van der Waals surface area contributed by atoms with Gasteiger partial charge < -0.3 is 4.90 Å². The molecule has 0 unspecified atom stereocenters. The van der Waals surface area contributed by atoms with Crippen molar-refractivity contribution in [3.8, 4) is 0 Å². The van der Waals surface area contributed by atoms with Gasteiger partial charge >= 0.3 is 0 Å². The first-order valence-electron chi connectivity index (χ1n) is 7.16. The molecule has 3 heteroatoms. The summed E-state index contributed by atoms with van der Waals surface area (Å²) in [6.45, 7) is 3.31. The summed E-state index contributed by atoms with van der Waals surface area (Å²) in [4.78, 5) is 14.3. The lowest BCUT2D eigenvalue weighted by Crippen LogP contribution is -2.31. The van der Waals surface area contributed by atoms with E-state index >= 15 is 0 Å². The van der Waals surface area contributed by atoms with Crippen molar-refractivity contribution in [2.45, 2.75) is 39.0 Å². The zero-order valence-corrected chi connectivity index (χ0v) is 11.4. The Morgan fingerprint density at radius 3 is 2.74 bits per heavy atom. The average Bonchev–Trinajstić information content (AvgIpc) is 3.03. The number of carbonyl (C=O) groups excluding carboxylic acids is 1. The first-order valence-corrected chi connectivity index (χ1v) is 7.16. The highest BCUT2D eigenvalue weighted by Crippen LogP contribution is 2.45. The van der Waals surface area contributed by atoms with Gasteiger partial charge in [0.25, 0.3) is 5.91 Å². The number of halogens is 1. The minimum atomic E-state index is -0.361. The summed E-state index contributed by atoms with van der Waals surface area (Å²) >= 11 is 0. The molecule has 1 spiro atoms.